The largest absolute Gasteiger partial charge is 0.385 e. The summed E-state index contributed by atoms with van der Waals surface area (Å²) in [6.07, 6.45) is 1.19. The van der Waals surface area contributed by atoms with Crippen molar-refractivity contribution in [2.75, 3.05) is 40.5 Å². The van der Waals surface area contributed by atoms with E-state index < -0.39 is 11.0 Å². The maximum Gasteiger partial charge on any atom is 0.243 e. The molecule has 1 aliphatic carbocycles. The van der Waals surface area contributed by atoms with Crippen molar-refractivity contribution in [3.63, 3.8) is 0 Å². The Morgan fingerprint density at radius 1 is 1.38 bits per heavy atom. The van der Waals surface area contributed by atoms with Crippen LogP contribution in [0.3, 0.4) is 0 Å². The third-order valence-electron chi connectivity index (χ3n) is 4.79. The van der Waals surface area contributed by atoms with Crippen LogP contribution in [-0.4, -0.2) is 68.8 Å². The lowest BCUT2D eigenvalue weighted by Crippen LogP contribution is -2.76. The predicted molar refractivity (Wildman–Crippen MR) is 95.1 cm³/mol. The molecule has 1 aliphatic rings. The molecule has 2 unspecified atom stereocenters. The molecule has 2 atom stereocenters. The van der Waals surface area contributed by atoms with E-state index in [1.165, 1.54) is 4.90 Å². The van der Waals surface area contributed by atoms with Gasteiger partial charge in [0, 0.05) is 45.8 Å². The first-order valence-corrected chi connectivity index (χ1v) is 8.12. The summed E-state index contributed by atoms with van der Waals surface area (Å²) >= 11 is 0. The van der Waals surface area contributed by atoms with Crippen LogP contribution in [0.5, 0.6) is 0 Å². The molecule has 8 heteroatoms. The summed E-state index contributed by atoms with van der Waals surface area (Å²) in [6, 6.07) is 0. The van der Waals surface area contributed by atoms with Crippen LogP contribution in [0.4, 0.5) is 0 Å². The zero-order valence-corrected chi connectivity index (χ0v) is 16.2. The first-order chi connectivity index (χ1) is 10.7. The summed E-state index contributed by atoms with van der Waals surface area (Å²) in [6.45, 7) is 7.52. The van der Waals surface area contributed by atoms with Crippen molar-refractivity contribution >= 4 is 24.2 Å². The quantitative estimate of drug-likeness (QED) is 0.582. The number of carbonyl (C=O) groups is 2. The van der Waals surface area contributed by atoms with Crippen molar-refractivity contribution in [3.8, 4) is 0 Å². The third-order valence-corrected chi connectivity index (χ3v) is 4.79. The molecule has 24 heavy (non-hydrogen) atoms. The molecular weight excluding hydrogens is 334 g/mol. The first-order valence-electron chi connectivity index (χ1n) is 8.12. The normalized spacial score (nSPS) is 24.5. The minimum absolute atomic E-state index is 0. The molecule has 7 nitrogen and oxygen atoms in total. The van der Waals surface area contributed by atoms with Gasteiger partial charge >= 0.3 is 0 Å². The van der Waals surface area contributed by atoms with Gasteiger partial charge in [-0.1, -0.05) is 13.8 Å². The number of halogens is 1. The molecule has 1 rings (SSSR count). The number of nitrogens with two attached hydrogens (primary N) is 1. The van der Waals surface area contributed by atoms with Crippen molar-refractivity contribution < 1.29 is 19.1 Å². The second-order valence-corrected chi connectivity index (χ2v) is 6.70. The van der Waals surface area contributed by atoms with E-state index in [2.05, 4.69) is 5.32 Å². The first kappa shape index (κ1) is 23.1. The van der Waals surface area contributed by atoms with Gasteiger partial charge in [-0.3, -0.25) is 9.59 Å². The molecule has 1 fully saturated rings. The van der Waals surface area contributed by atoms with Crippen LogP contribution in [0.1, 0.15) is 33.6 Å². The number of methoxy groups -OCH3 is 1. The zero-order chi connectivity index (χ0) is 17.7. The molecule has 3 N–H and O–H groups in total. The van der Waals surface area contributed by atoms with Crippen LogP contribution in [0.25, 0.3) is 0 Å². The lowest BCUT2D eigenvalue weighted by Gasteiger charge is -2.58. The van der Waals surface area contributed by atoms with E-state index in [1.54, 1.807) is 14.2 Å². The second kappa shape index (κ2) is 9.56. The molecule has 0 radical (unpaired) electrons. The summed E-state index contributed by atoms with van der Waals surface area (Å²) in [5, 5.41) is 2.76. The molecule has 0 spiro atoms. The molecule has 142 valence electrons. The van der Waals surface area contributed by atoms with E-state index in [-0.39, 0.29) is 36.9 Å². The van der Waals surface area contributed by atoms with E-state index >= 15 is 0 Å². The summed E-state index contributed by atoms with van der Waals surface area (Å²) in [5.41, 5.74) is 4.90. The standard InChI is InChI=1S/C16H31N3O4.ClH/c1-6-23-12-10-16(17,15(12,2)3)14(21)19(4)11-13(20)18-8-7-9-22-5;/h12H,6-11,17H2,1-5H3,(H,18,20);1H. The van der Waals surface area contributed by atoms with Gasteiger partial charge in [-0.2, -0.15) is 0 Å². The fourth-order valence-electron chi connectivity index (χ4n) is 2.93. The molecule has 0 aromatic heterocycles. The molecule has 1 saturated carbocycles. The van der Waals surface area contributed by atoms with E-state index in [0.717, 1.165) is 6.42 Å². The van der Waals surface area contributed by atoms with Gasteiger partial charge < -0.3 is 25.4 Å². The van der Waals surface area contributed by atoms with Gasteiger partial charge in [-0.25, -0.2) is 0 Å². The van der Waals surface area contributed by atoms with Crippen LogP contribution in [0.2, 0.25) is 0 Å². The summed E-state index contributed by atoms with van der Waals surface area (Å²) < 4.78 is 10.6. The molecule has 0 aromatic rings. The summed E-state index contributed by atoms with van der Waals surface area (Å²) in [4.78, 5) is 25.9. The Hall–Kier alpha value is -0.890. The van der Waals surface area contributed by atoms with Crippen LogP contribution < -0.4 is 11.1 Å². The van der Waals surface area contributed by atoms with Crippen molar-refractivity contribution in [3.05, 3.63) is 0 Å². The lowest BCUT2D eigenvalue weighted by molar-refractivity contribution is -0.178. The van der Waals surface area contributed by atoms with Crippen LogP contribution >= 0.6 is 12.4 Å². The van der Waals surface area contributed by atoms with Crippen molar-refractivity contribution in [1.82, 2.24) is 10.2 Å². The van der Waals surface area contributed by atoms with E-state index in [0.29, 0.717) is 26.2 Å². The topological polar surface area (TPSA) is 93.9 Å². The number of nitrogens with one attached hydrogen (secondary N) is 1. The molecule has 0 aliphatic heterocycles. The average Bonchev–Trinajstić information content (AvgIpc) is 2.50. The lowest BCUT2D eigenvalue weighted by atomic mass is 9.54. The number of hydrogen-bond acceptors (Lipinski definition) is 5. The van der Waals surface area contributed by atoms with Crippen molar-refractivity contribution in [1.29, 1.82) is 0 Å². The Morgan fingerprint density at radius 2 is 2.00 bits per heavy atom. The summed E-state index contributed by atoms with van der Waals surface area (Å²) in [7, 11) is 3.22. The molecule has 0 bridgehead atoms. The number of carbonyl (C=O) groups excluding carboxylic acids is 2. The fourth-order valence-corrected chi connectivity index (χ4v) is 2.93. The highest BCUT2D eigenvalue weighted by Gasteiger charge is 2.63. The van der Waals surface area contributed by atoms with Crippen LogP contribution in [-0.2, 0) is 19.1 Å². The number of hydrogen-bond donors (Lipinski definition) is 2. The van der Waals surface area contributed by atoms with E-state index in [1.807, 2.05) is 20.8 Å². The van der Waals surface area contributed by atoms with E-state index in [4.69, 9.17) is 15.2 Å². The van der Waals surface area contributed by atoms with Crippen LogP contribution in [0, 0.1) is 5.41 Å². The van der Waals surface area contributed by atoms with E-state index in [9.17, 15) is 9.59 Å². The van der Waals surface area contributed by atoms with Gasteiger partial charge in [0.05, 0.1) is 12.6 Å². The van der Waals surface area contributed by atoms with Crippen LogP contribution in [0.15, 0.2) is 0 Å². The Kier molecular flexibility index (Phi) is 9.20. The smallest absolute Gasteiger partial charge is 0.243 e. The van der Waals surface area contributed by atoms with Crippen molar-refractivity contribution in [2.45, 2.75) is 45.3 Å². The third kappa shape index (κ3) is 4.81. The van der Waals surface area contributed by atoms with Gasteiger partial charge in [-0.15, -0.1) is 12.4 Å². The van der Waals surface area contributed by atoms with Gasteiger partial charge in [0.15, 0.2) is 0 Å². The van der Waals surface area contributed by atoms with Gasteiger partial charge in [0.2, 0.25) is 11.8 Å². The number of ether oxygens (including phenoxy) is 2. The molecular formula is C16H32ClN3O4. The highest BCUT2D eigenvalue weighted by molar-refractivity contribution is 5.92. The minimum atomic E-state index is -0.988. The van der Waals surface area contributed by atoms with Gasteiger partial charge in [0.1, 0.15) is 5.54 Å². The van der Waals surface area contributed by atoms with Gasteiger partial charge in [0.25, 0.3) is 0 Å². The Labute approximate surface area is 151 Å². The molecule has 0 heterocycles. The highest BCUT2D eigenvalue weighted by Crippen LogP contribution is 2.50. The molecule has 2 amide bonds. The second-order valence-electron chi connectivity index (χ2n) is 6.70. The SMILES string of the molecule is CCOC1CC(N)(C(=O)N(C)CC(=O)NCCCOC)C1(C)C.Cl. The summed E-state index contributed by atoms with van der Waals surface area (Å²) in [5.74, 6) is -0.412. The number of amides is 2. The minimum Gasteiger partial charge on any atom is -0.385 e. The maximum absolute atomic E-state index is 12.7. The molecule has 0 saturated heterocycles. The monoisotopic (exact) mass is 365 g/mol. The fraction of sp³-hybridized carbons (Fsp3) is 0.875. The van der Waals surface area contributed by atoms with Crippen molar-refractivity contribution in [2.24, 2.45) is 11.1 Å². The Balaban J connectivity index is 0.00000529. The number of rotatable bonds is 9. The van der Waals surface area contributed by atoms with Gasteiger partial charge in [-0.05, 0) is 13.3 Å². The highest BCUT2D eigenvalue weighted by atomic mass is 35.5. The maximum atomic E-state index is 12.7. The number of nitrogens with zero attached hydrogens (tertiary/aromatic N) is 1. The Morgan fingerprint density at radius 3 is 2.50 bits per heavy atom. The Bertz CT molecular complexity index is 434. The zero-order valence-electron chi connectivity index (χ0n) is 15.4. The number of likely N-dealkylation sites (N-methyl/N-ethyl adjacent to an activating group) is 1. The molecule has 0 aromatic carbocycles. The predicted octanol–water partition coefficient (Wildman–Crippen LogP) is 0.552. The average molecular weight is 366 g/mol.